The van der Waals surface area contributed by atoms with Crippen molar-refractivity contribution in [3.8, 4) is 44.5 Å². The quantitative estimate of drug-likeness (QED) is 0.175. The summed E-state index contributed by atoms with van der Waals surface area (Å²) in [6.45, 7) is 4.78. The van der Waals surface area contributed by atoms with Gasteiger partial charge in [-0.05, 0) is 113 Å². The van der Waals surface area contributed by atoms with Crippen molar-refractivity contribution in [2.24, 2.45) is 0 Å². The maximum Gasteiger partial charge on any atom is 0.0725 e. The van der Waals surface area contributed by atoms with Gasteiger partial charge in [0.05, 0.1) is 11.1 Å². The molecular weight excluding hydrogens is 687 g/mol. The standard InChI is InChI=1S/C56H39N/c1-55(2)46-26-12-10-23-44(46)53-51(35-37-17-6-7-20-41(37)54(53)55)57(38-18-4-3-5-19-38)39-33-31-36(32-34-39)40-25-16-30-50-52(40)45-24-11-15-29-49(45)56(50)47-27-13-8-21-42(47)43-22-9-14-28-48(43)56/h3-35H,1-2H3. The number of hydrogen-bond donors (Lipinski definition) is 0. The van der Waals surface area contributed by atoms with Crippen LogP contribution in [0.3, 0.4) is 0 Å². The molecule has 3 aliphatic rings. The minimum Gasteiger partial charge on any atom is -0.310 e. The highest BCUT2D eigenvalue weighted by molar-refractivity contribution is 6.06. The van der Waals surface area contributed by atoms with Gasteiger partial charge in [0.1, 0.15) is 0 Å². The lowest BCUT2D eigenvalue weighted by atomic mass is 9.70. The molecule has 0 saturated carbocycles. The van der Waals surface area contributed by atoms with E-state index in [9.17, 15) is 0 Å². The number of fused-ring (bicyclic) bond motifs is 15. The fourth-order valence-corrected chi connectivity index (χ4v) is 11.0. The van der Waals surface area contributed by atoms with Crippen molar-refractivity contribution >= 4 is 27.8 Å². The molecular formula is C56H39N. The molecule has 0 saturated heterocycles. The van der Waals surface area contributed by atoms with Crippen LogP contribution in [0.15, 0.2) is 200 Å². The monoisotopic (exact) mass is 725 g/mol. The lowest BCUT2D eigenvalue weighted by Crippen LogP contribution is -2.25. The van der Waals surface area contributed by atoms with Crippen molar-refractivity contribution in [1.29, 1.82) is 0 Å². The molecule has 9 aromatic carbocycles. The normalized spacial score (nSPS) is 14.4. The van der Waals surface area contributed by atoms with E-state index in [-0.39, 0.29) is 10.8 Å². The predicted octanol–water partition coefficient (Wildman–Crippen LogP) is 14.6. The molecule has 9 aromatic rings. The van der Waals surface area contributed by atoms with Crippen LogP contribution in [0.2, 0.25) is 0 Å². The summed E-state index contributed by atoms with van der Waals surface area (Å²) in [5.41, 5.74) is 21.6. The highest BCUT2D eigenvalue weighted by Crippen LogP contribution is 2.64. The molecule has 0 amide bonds. The van der Waals surface area contributed by atoms with Gasteiger partial charge < -0.3 is 4.90 Å². The second kappa shape index (κ2) is 11.8. The summed E-state index contributed by atoms with van der Waals surface area (Å²) in [6.07, 6.45) is 0. The molecule has 12 rings (SSSR count). The van der Waals surface area contributed by atoms with Gasteiger partial charge in [-0.2, -0.15) is 0 Å². The highest BCUT2D eigenvalue weighted by Gasteiger charge is 2.52. The summed E-state index contributed by atoms with van der Waals surface area (Å²) in [5.74, 6) is 0. The van der Waals surface area contributed by atoms with Crippen molar-refractivity contribution in [1.82, 2.24) is 0 Å². The number of hydrogen-bond acceptors (Lipinski definition) is 1. The van der Waals surface area contributed by atoms with Crippen molar-refractivity contribution in [2.45, 2.75) is 24.7 Å². The van der Waals surface area contributed by atoms with Crippen LogP contribution in [-0.2, 0) is 10.8 Å². The van der Waals surface area contributed by atoms with Crippen LogP contribution < -0.4 is 4.90 Å². The molecule has 0 aliphatic heterocycles. The SMILES string of the molecule is CC1(C)c2ccccc2-c2c(N(c3ccccc3)c3ccc(-c4cccc5c4-c4ccccc4C54c5ccccc5-c5ccccc54)cc3)cc3ccccc3c21. The maximum absolute atomic E-state index is 2.47. The lowest BCUT2D eigenvalue weighted by molar-refractivity contribution is 0.666. The minimum absolute atomic E-state index is 0.143. The van der Waals surface area contributed by atoms with Gasteiger partial charge >= 0.3 is 0 Å². The van der Waals surface area contributed by atoms with Gasteiger partial charge in [0.2, 0.25) is 0 Å². The lowest BCUT2D eigenvalue weighted by Gasteiger charge is -2.30. The number of rotatable bonds is 4. The summed E-state index contributed by atoms with van der Waals surface area (Å²) < 4.78 is 0. The van der Waals surface area contributed by atoms with E-state index in [4.69, 9.17) is 0 Å². The molecule has 1 spiro atoms. The smallest absolute Gasteiger partial charge is 0.0725 e. The minimum atomic E-state index is -0.361. The predicted molar refractivity (Wildman–Crippen MR) is 238 cm³/mol. The molecule has 0 unspecified atom stereocenters. The Bertz CT molecular complexity index is 3050. The average molecular weight is 726 g/mol. The van der Waals surface area contributed by atoms with Crippen LogP contribution in [0.1, 0.15) is 47.2 Å². The van der Waals surface area contributed by atoms with Gasteiger partial charge in [-0.1, -0.05) is 184 Å². The molecule has 0 aromatic heterocycles. The van der Waals surface area contributed by atoms with Gasteiger partial charge in [-0.25, -0.2) is 0 Å². The fourth-order valence-electron chi connectivity index (χ4n) is 11.0. The summed E-state index contributed by atoms with van der Waals surface area (Å²) >= 11 is 0. The van der Waals surface area contributed by atoms with Gasteiger partial charge in [0, 0.05) is 22.4 Å². The van der Waals surface area contributed by atoms with Crippen LogP contribution in [-0.4, -0.2) is 0 Å². The fraction of sp³-hybridized carbons (Fsp3) is 0.0714. The van der Waals surface area contributed by atoms with Crippen LogP contribution in [0.25, 0.3) is 55.3 Å². The van der Waals surface area contributed by atoms with E-state index in [0.717, 1.165) is 11.4 Å². The number of para-hydroxylation sites is 1. The van der Waals surface area contributed by atoms with E-state index in [1.54, 1.807) is 0 Å². The van der Waals surface area contributed by atoms with Crippen LogP contribution in [0.5, 0.6) is 0 Å². The van der Waals surface area contributed by atoms with Gasteiger partial charge in [0.15, 0.2) is 0 Å². The van der Waals surface area contributed by atoms with Crippen LogP contribution in [0, 0.1) is 0 Å². The van der Waals surface area contributed by atoms with Crippen LogP contribution in [0.4, 0.5) is 17.1 Å². The van der Waals surface area contributed by atoms with E-state index >= 15 is 0 Å². The summed E-state index contributed by atoms with van der Waals surface area (Å²) in [4.78, 5) is 2.47. The largest absolute Gasteiger partial charge is 0.310 e. The Morgan fingerprint density at radius 1 is 0.368 bits per heavy atom. The van der Waals surface area contributed by atoms with E-state index in [2.05, 4.69) is 219 Å². The number of nitrogens with zero attached hydrogens (tertiary/aromatic N) is 1. The summed E-state index contributed by atoms with van der Waals surface area (Å²) in [7, 11) is 0. The van der Waals surface area contributed by atoms with Gasteiger partial charge in [-0.15, -0.1) is 0 Å². The Morgan fingerprint density at radius 2 is 0.860 bits per heavy atom. The Labute approximate surface area is 334 Å². The second-order valence-corrected chi connectivity index (χ2v) is 16.4. The van der Waals surface area contributed by atoms with E-state index in [0.29, 0.717) is 0 Å². The molecule has 0 bridgehead atoms. The molecule has 0 heterocycles. The Hall–Kier alpha value is -6.96. The number of benzene rings is 9. The first-order valence-electron chi connectivity index (χ1n) is 20.1. The molecule has 1 nitrogen and oxygen atoms in total. The van der Waals surface area contributed by atoms with Crippen molar-refractivity contribution in [3.05, 3.63) is 234 Å². The topological polar surface area (TPSA) is 3.24 Å². The van der Waals surface area contributed by atoms with Gasteiger partial charge in [0.25, 0.3) is 0 Å². The maximum atomic E-state index is 2.47. The molecule has 57 heavy (non-hydrogen) atoms. The van der Waals surface area contributed by atoms with Crippen molar-refractivity contribution < 1.29 is 0 Å². The third kappa shape index (κ3) is 4.24. The molecule has 1 heteroatoms. The third-order valence-electron chi connectivity index (χ3n) is 13.2. The Morgan fingerprint density at radius 3 is 1.54 bits per heavy atom. The molecule has 0 N–H and O–H groups in total. The molecule has 268 valence electrons. The van der Waals surface area contributed by atoms with E-state index < -0.39 is 0 Å². The van der Waals surface area contributed by atoms with Gasteiger partial charge in [-0.3, -0.25) is 0 Å². The Balaban J connectivity index is 1.06. The summed E-state index contributed by atoms with van der Waals surface area (Å²) in [5, 5.41) is 2.58. The van der Waals surface area contributed by atoms with Crippen LogP contribution >= 0.6 is 0 Å². The first kappa shape index (κ1) is 32.3. The molecule has 0 radical (unpaired) electrons. The van der Waals surface area contributed by atoms with Crippen molar-refractivity contribution in [2.75, 3.05) is 4.90 Å². The molecule has 3 aliphatic carbocycles. The zero-order valence-corrected chi connectivity index (χ0v) is 32.0. The zero-order chi connectivity index (χ0) is 37.9. The van der Waals surface area contributed by atoms with Crippen molar-refractivity contribution in [3.63, 3.8) is 0 Å². The zero-order valence-electron chi connectivity index (χ0n) is 32.0. The Kier molecular flexibility index (Phi) is 6.67. The first-order valence-corrected chi connectivity index (χ1v) is 20.1. The highest BCUT2D eigenvalue weighted by atomic mass is 15.1. The van der Waals surface area contributed by atoms with E-state index in [1.165, 1.54) is 94.3 Å². The van der Waals surface area contributed by atoms with E-state index in [1.807, 2.05) is 0 Å². The molecule has 0 fully saturated rings. The average Bonchev–Trinajstić information content (AvgIpc) is 3.84. The third-order valence-corrected chi connectivity index (χ3v) is 13.2. The summed E-state index contributed by atoms with van der Waals surface area (Å²) in [6, 6.07) is 74.7. The first-order chi connectivity index (χ1) is 28.1. The number of anilines is 3. The molecule has 0 atom stereocenters. The second-order valence-electron chi connectivity index (χ2n) is 16.4.